The van der Waals surface area contributed by atoms with Gasteiger partial charge in [0, 0.05) is 41.5 Å². The van der Waals surface area contributed by atoms with Gasteiger partial charge in [0.15, 0.2) is 0 Å². The van der Waals surface area contributed by atoms with Crippen molar-refractivity contribution in [1.29, 1.82) is 0 Å². The lowest BCUT2D eigenvalue weighted by atomic mass is 10.00. The Bertz CT molecular complexity index is 1820. The van der Waals surface area contributed by atoms with Crippen LogP contribution in [-0.4, -0.2) is 68.2 Å². The number of rotatable bonds is 15. The van der Waals surface area contributed by atoms with E-state index in [1.807, 2.05) is 28.9 Å². The van der Waals surface area contributed by atoms with Crippen molar-refractivity contribution in [3.8, 4) is 22.6 Å². The van der Waals surface area contributed by atoms with Gasteiger partial charge in [0.25, 0.3) is 5.91 Å². The zero-order valence-corrected chi connectivity index (χ0v) is 30.7. The van der Waals surface area contributed by atoms with Gasteiger partial charge in [-0.1, -0.05) is 93.4 Å². The van der Waals surface area contributed by atoms with Crippen LogP contribution in [0.4, 0.5) is 0 Å². The minimum absolute atomic E-state index is 0.113. The fourth-order valence-corrected chi connectivity index (χ4v) is 6.80. The first kappa shape index (κ1) is 35.5. The SMILES string of the molecule is Cc1ccc(Cc2nc(-c3ccc(-c4nn5ccc(C(=O)N(CCC(C)C)CCC(C)C)cc5c4CCCN4CCCCC4)cc3)no2)cc1. The molecule has 1 amide bonds. The third kappa shape index (κ3) is 9.08. The Morgan fingerprint density at radius 2 is 1.56 bits per heavy atom. The number of pyridine rings is 1. The Balaban J connectivity index is 1.27. The van der Waals surface area contributed by atoms with Gasteiger partial charge in [-0.15, -0.1) is 0 Å². The van der Waals surface area contributed by atoms with E-state index in [-0.39, 0.29) is 5.91 Å². The van der Waals surface area contributed by atoms with E-state index in [9.17, 15) is 4.79 Å². The molecule has 0 aliphatic carbocycles. The van der Waals surface area contributed by atoms with Crippen LogP contribution in [0.1, 0.15) is 99.2 Å². The average Bonchev–Trinajstić information content (AvgIpc) is 3.74. The molecule has 0 unspecified atom stereocenters. The van der Waals surface area contributed by atoms with Gasteiger partial charge in [-0.2, -0.15) is 10.1 Å². The fourth-order valence-electron chi connectivity index (χ4n) is 6.80. The second-order valence-corrected chi connectivity index (χ2v) is 15.0. The maximum atomic E-state index is 14.0. The monoisotopic (exact) mass is 674 g/mol. The first-order valence-corrected chi connectivity index (χ1v) is 18.8. The highest BCUT2D eigenvalue weighted by Crippen LogP contribution is 2.30. The maximum absolute atomic E-state index is 14.0. The van der Waals surface area contributed by atoms with E-state index in [1.165, 1.54) is 43.5 Å². The van der Waals surface area contributed by atoms with Gasteiger partial charge in [-0.3, -0.25) is 4.79 Å². The third-order valence-electron chi connectivity index (χ3n) is 9.93. The van der Waals surface area contributed by atoms with Crippen LogP contribution in [0.5, 0.6) is 0 Å². The van der Waals surface area contributed by atoms with Crippen molar-refractivity contribution in [2.24, 2.45) is 11.8 Å². The lowest BCUT2D eigenvalue weighted by molar-refractivity contribution is 0.0741. The number of carbonyl (C=O) groups excluding carboxylic acids is 1. The highest BCUT2D eigenvalue weighted by Gasteiger charge is 2.21. The molecule has 0 saturated carbocycles. The van der Waals surface area contributed by atoms with Crippen LogP contribution >= 0.6 is 0 Å². The summed E-state index contributed by atoms with van der Waals surface area (Å²) >= 11 is 0. The van der Waals surface area contributed by atoms with Crippen LogP contribution in [-0.2, 0) is 12.8 Å². The van der Waals surface area contributed by atoms with E-state index in [0.29, 0.717) is 30.0 Å². The first-order chi connectivity index (χ1) is 24.2. The molecule has 50 heavy (non-hydrogen) atoms. The molecule has 0 radical (unpaired) electrons. The van der Waals surface area contributed by atoms with Gasteiger partial charge in [-0.05, 0) is 94.6 Å². The number of fused-ring (bicyclic) bond motifs is 1. The number of hydrogen-bond donors (Lipinski definition) is 0. The smallest absolute Gasteiger partial charge is 0.253 e. The van der Waals surface area contributed by atoms with Crippen LogP contribution in [0.25, 0.3) is 28.2 Å². The normalized spacial score (nSPS) is 13.9. The molecule has 8 heteroatoms. The molecule has 1 fully saturated rings. The zero-order chi connectivity index (χ0) is 35.0. The van der Waals surface area contributed by atoms with Crippen LogP contribution in [0, 0.1) is 18.8 Å². The lowest BCUT2D eigenvalue weighted by Gasteiger charge is -2.26. The zero-order valence-electron chi connectivity index (χ0n) is 30.7. The quantitative estimate of drug-likeness (QED) is 0.110. The largest absolute Gasteiger partial charge is 0.339 e. The summed E-state index contributed by atoms with van der Waals surface area (Å²) in [5.41, 5.74) is 8.22. The molecule has 5 aromatic rings. The van der Waals surface area contributed by atoms with E-state index in [0.717, 1.165) is 78.8 Å². The van der Waals surface area contributed by atoms with E-state index in [4.69, 9.17) is 9.62 Å². The summed E-state index contributed by atoms with van der Waals surface area (Å²) in [6, 6.07) is 20.7. The molecule has 6 rings (SSSR count). The molecule has 0 bridgehead atoms. The Hall–Kier alpha value is -4.30. The standard InChI is InChI=1S/C42H54N6O2/c1-30(2)19-25-47(26-20-31(3)4)42(49)36-21-27-48-38(29-36)37(10-9-24-46-22-7-6-8-23-46)40(44-48)34-15-17-35(18-16-34)41-43-39(50-45-41)28-33-13-11-32(5)12-14-33/h11-18,21,27,29-31H,6-10,19-20,22-26,28H2,1-5H3. The second-order valence-electron chi connectivity index (χ2n) is 15.0. The van der Waals surface area contributed by atoms with Crippen molar-refractivity contribution in [2.45, 2.75) is 86.0 Å². The van der Waals surface area contributed by atoms with Crippen molar-refractivity contribution < 1.29 is 9.32 Å². The molecule has 0 spiro atoms. The molecule has 2 aromatic carbocycles. The molecular weight excluding hydrogens is 621 g/mol. The van der Waals surface area contributed by atoms with Crippen LogP contribution < -0.4 is 0 Å². The highest BCUT2D eigenvalue weighted by atomic mass is 16.5. The number of carbonyl (C=O) groups is 1. The number of piperidine rings is 1. The van der Waals surface area contributed by atoms with Crippen LogP contribution in [0.2, 0.25) is 0 Å². The summed E-state index contributed by atoms with van der Waals surface area (Å²) in [5, 5.41) is 9.38. The number of aryl methyl sites for hydroxylation is 2. The van der Waals surface area contributed by atoms with E-state index in [2.05, 4.69) is 97.0 Å². The van der Waals surface area contributed by atoms with Crippen molar-refractivity contribution >= 4 is 11.4 Å². The van der Waals surface area contributed by atoms with E-state index >= 15 is 0 Å². The average molecular weight is 675 g/mol. The van der Waals surface area contributed by atoms with E-state index < -0.39 is 0 Å². The van der Waals surface area contributed by atoms with Gasteiger partial charge in [-0.25, -0.2) is 4.52 Å². The Morgan fingerprint density at radius 1 is 0.880 bits per heavy atom. The number of nitrogens with zero attached hydrogens (tertiary/aromatic N) is 6. The predicted molar refractivity (Wildman–Crippen MR) is 201 cm³/mol. The van der Waals surface area contributed by atoms with Gasteiger partial charge >= 0.3 is 0 Å². The van der Waals surface area contributed by atoms with Crippen molar-refractivity contribution in [3.05, 3.63) is 95.0 Å². The van der Waals surface area contributed by atoms with Crippen LogP contribution in [0.3, 0.4) is 0 Å². The molecule has 1 aliphatic rings. The molecule has 0 N–H and O–H groups in total. The molecule has 4 heterocycles. The molecular formula is C42H54N6O2. The Morgan fingerprint density at radius 3 is 2.24 bits per heavy atom. The third-order valence-corrected chi connectivity index (χ3v) is 9.93. The lowest BCUT2D eigenvalue weighted by Crippen LogP contribution is -2.34. The summed E-state index contributed by atoms with van der Waals surface area (Å²) in [4.78, 5) is 23.3. The number of aromatic nitrogens is 4. The minimum Gasteiger partial charge on any atom is -0.339 e. The van der Waals surface area contributed by atoms with E-state index in [1.54, 1.807) is 0 Å². The Labute approximate surface area is 297 Å². The second kappa shape index (κ2) is 16.6. The van der Waals surface area contributed by atoms with Crippen LogP contribution in [0.15, 0.2) is 71.4 Å². The summed E-state index contributed by atoms with van der Waals surface area (Å²) in [6.07, 6.45) is 10.4. The summed E-state index contributed by atoms with van der Waals surface area (Å²) in [7, 11) is 0. The summed E-state index contributed by atoms with van der Waals surface area (Å²) in [5.74, 6) is 2.38. The number of hydrogen-bond acceptors (Lipinski definition) is 6. The highest BCUT2D eigenvalue weighted by molar-refractivity contribution is 5.95. The molecule has 1 saturated heterocycles. The molecule has 264 valence electrons. The minimum atomic E-state index is 0.113. The topological polar surface area (TPSA) is 79.8 Å². The Kier molecular flexibility index (Phi) is 11.8. The summed E-state index contributed by atoms with van der Waals surface area (Å²) < 4.78 is 7.57. The van der Waals surface area contributed by atoms with Gasteiger partial charge in [0.2, 0.25) is 11.7 Å². The molecule has 8 nitrogen and oxygen atoms in total. The molecule has 1 aliphatic heterocycles. The van der Waals surface area contributed by atoms with Gasteiger partial charge in [0.1, 0.15) is 0 Å². The fraction of sp³-hybridized carbons (Fsp3) is 0.476. The molecule has 0 atom stereocenters. The van der Waals surface area contributed by atoms with Gasteiger partial charge in [0.05, 0.1) is 17.6 Å². The van der Waals surface area contributed by atoms with Crippen molar-refractivity contribution in [2.75, 3.05) is 32.7 Å². The van der Waals surface area contributed by atoms with Crippen molar-refractivity contribution in [1.82, 2.24) is 29.6 Å². The van der Waals surface area contributed by atoms with Crippen molar-refractivity contribution in [3.63, 3.8) is 0 Å². The maximum Gasteiger partial charge on any atom is 0.253 e. The summed E-state index contributed by atoms with van der Waals surface area (Å²) in [6.45, 7) is 16.0. The first-order valence-electron chi connectivity index (χ1n) is 18.8. The predicted octanol–water partition coefficient (Wildman–Crippen LogP) is 8.90. The number of amides is 1. The number of likely N-dealkylation sites (tertiary alicyclic amines) is 1. The van der Waals surface area contributed by atoms with Gasteiger partial charge < -0.3 is 14.3 Å². The molecule has 3 aromatic heterocycles. The number of benzene rings is 2.